The lowest BCUT2D eigenvalue weighted by molar-refractivity contribution is -0.131. The molecule has 0 spiro atoms. The zero-order chi connectivity index (χ0) is 18.6. The minimum atomic E-state index is -0.0993. The van der Waals surface area contributed by atoms with Gasteiger partial charge in [-0.1, -0.05) is 12.1 Å². The SMILES string of the molecule is O=C(CCn1cnc2ccccc2c1=O)N1CCSC(c2ccco2)CC1. The van der Waals surface area contributed by atoms with E-state index in [1.54, 1.807) is 12.3 Å². The van der Waals surface area contributed by atoms with E-state index >= 15 is 0 Å². The molecule has 27 heavy (non-hydrogen) atoms. The van der Waals surface area contributed by atoms with Crippen LogP contribution >= 0.6 is 11.8 Å². The van der Waals surface area contributed by atoms with Gasteiger partial charge in [0.2, 0.25) is 5.91 Å². The van der Waals surface area contributed by atoms with Crippen molar-refractivity contribution in [1.29, 1.82) is 0 Å². The molecule has 1 aliphatic rings. The summed E-state index contributed by atoms with van der Waals surface area (Å²) in [5.41, 5.74) is 0.580. The number of thioether (sulfide) groups is 1. The van der Waals surface area contributed by atoms with Crippen LogP contribution in [0.4, 0.5) is 0 Å². The Morgan fingerprint density at radius 3 is 2.96 bits per heavy atom. The molecule has 1 fully saturated rings. The summed E-state index contributed by atoms with van der Waals surface area (Å²) < 4.78 is 7.03. The van der Waals surface area contributed by atoms with Gasteiger partial charge in [0.25, 0.3) is 5.56 Å². The molecule has 6 nitrogen and oxygen atoms in total. The number of rotatable bonds is 4. The molecule has 1 amide bonds. The molecule has 3 heterocycles. The second-order valence-corrected chi connectivity index (χ2v) is 7.87. The number of carbonyl (C=O) groups excluding carboxylic acids is 1. The van der Waals surface area contributed by atoms with E-state index in [0.29, 0.717) is 35.7 Å². The third-order valence-electron chi connectivity index (χ3n) is 4.85. The number of amides is 1. The first kappa shape index (κ1) is 17.9. The Bertz CT molecular complexity index is 984. The van der Waals surface area contributed by atoms with Crippen LogP contribution < -0.4 is 5.56 Å². The van der Waals surface area contributed by atoms with Gasteiger partial charge in [-0.3, -0.25) is 14.2 Å². The number of nitrogens with zero attached hydrogens (tertiary/aromatic N) is 3. The van der Waals surface area contributed by atoms with Crippen LogP contribution in [0.3, 0.4) is 0 Å². The largest absolute Gasteiger partial charge is 0.468 e. The maximum Gasteiger partial charge on any atom is 0.261 e. The summed E-state index contributed by atoms with van der Waals surface area (Å²) in [6, 6.07) is 11.2. The van der Waals surface area contributed by atoms with Crippen molar-refractivity contribution in [2.24, 2.45) is 0 Å². The predicted molar refractivity (Wildman–Crippen MR) is 106 cm³/mol. The van der Waals surface area contributed by atoms with Gasteiger partial charge in [0.15, 0.2) is 0 Å². The molecule has 3 aromatic rings. The quantitative estimate of drug-likeness (QED) is 0.693. The molecule has 0 N–H and O–H groups in total. The highest BCUT2D eigenvalue weighted by atomic mass is 32.2. The van der Waals surface area contributed by atoms with Crippen molar-refractivity contribution in [1.82, 2.24) is 14.5 Å². The van der Waals surface area contributed by atoms with Crippen LogP contribution in [0.1, 0.15) is 23.9 Å². The van der Waals surface area contributed by atoms with Gasteiger partial charge in [-0.15, -0.1) is 11.8 Å². The number of benzene rings is 1. The molecule has 1 unspecified atom stereocenters. The topological polar surface area (TPSA) is 68.3 Å². The van der Waals surface area contributed by atoms with E-state index in [2.05, 4.69) is 4.98 Å². The van der Waals surface area contributed by atoms with E-state index in [-0.39, 0.29) is 11.5 Å². The maximum absolute atomic E-state index is 12.6. The predicted octanol–water partition coefficient (Wildman–Crippen LogP) is 3.09. The van der Waals surface area contributed by atoms with Crippen LogP contribution in [-0.2, 0) is 11.3 Å². The van der Waals surface area contributed by atoms with Crippen molar-refractivity contribution in [2.45, 2.75) is 24.6 Å². The van der Waals surface area contributed by atoms with Crippen molar-refractivity contribution in [2.75, 3.05) is 18.8 Å². The van der Waals surface area contributed by atoms with Gasteiger partial charge in [0, 0.05) is 31.8 Å². The molecule has 7 heteroatoms. The Morgan fingerprint density at radius 2 is 2.11 bits per heavy atom. The van der Waals surface area contributed by atoms with Crippen LogP contribution in [0.25, 0.3) is 10.9 Å². The second kappa shape index (κ2) is 8.00. The molecular weight excluding hydrogens is 362 g/mol. The molecule has 2 aromatic heterocycles. The van der Waals surface area contributed by atoms with Gasteiger partial charge in [-0.2, -0.15) is 0 Å². The Balaban J connectivity index is 1.38. The molecular formula is C20H21N3O3S. The van der Waals surface area contributed by atoms with Crippen LogP contribution in [0, 0.1) is 0 Å². The Kier molecular flexibility index (Phi) is 5.29. The number of hydrogen-bond acceptors (Lipinski definition) is 5. The van der Waals surface area contributed by atoms with Crippen LogP contribution in [0.5, 0.6) is 0 Å². The molecule has 1 aliphatic heterocycles. The summed E-state index contributed by atoms with van der Waals surface area (Å²) in [4.78, 5) is 31.4. The lowest BCUT2D eigenvalue weighted by Gasteiger charge is -2.20. The second-order valence-electron chi connectivity index (χ2n) is 6.55. The van der Waals surface area contributed by atoms with E-state index in [0.717, 1.165) is 24.5 Å². The number of aromatic nitrogens is 2. The van der Waals surface area contributed by atoms with Gasteiger partial charge >= 0.3 is 0 Å². The fourth-order valence-corrected chi connectivity index (χ4v) is 4.54. The Hall–Kier alpha value is -2.54. The van der Waals surface area contributed by atoms with E-state index in [1.165, 1.54) is 10.9 Å². The number of carbonyl (C=O) groups is 1. The summed E-state index contributed by atoms with van der Waals surface area (Å²) in [5.74, 6) is 1.94. The molecule has 0 bridgehead atoms. The van der Waals surface area contributed by atoms with Gasteiger partial charge in [-0.05, 0) is 30.7 Å². The Morgan fingerprint density at radius 1 is 1.22 bits per heavy atom. The van der Waals surface area contributed by atoms with E-state index < -0.39 is 0 Å². The molecule has 1 saturated heterocycles. The summed E-state index contributed by atoms with van der Waals surface area (Å²) >= 11 is 1.83. The maximum atomic E-state index is 12.6. The fraction of sp³-hybridized carbons (Fsp3) is 0.350. The average molecular weight is 383 g/mol. The lowest BCUT2D eigenvalue weighted by Crippen LogP contribution is -2.34. The van der Waals surface area contributed by atoms with Crippen molar-refractivity contribution in [3.05, 3.63) is 65.1 Å². The zero-order valence-electron chi connectivity index (χ0n) is 14.9. The zero-order valence-corrected chi connectivity index (χ0v) is 15.7. The molecule has 4 rings (SSSR count). The van der Waals surface area contributed by atoms with Crippen LogP contribution in [0.15, 0.2) is 58.2 Å². The van der Waals surface area contributed by atoms with Crippen LogP contribution in [0.2, 0.25) is 0 Å². The van der Waals surface area contributed by atoms with E-state index in [4.69, 9.17) is 4.42 Å². The monoisotopic (exact) mass is 383 g/mol. The van der Waals surface area contributed by atoms with Crippen molar-refractivity contribution in [3.8, 4) is 0 Å². The first-order chi connectivity index (χ1) is 13.2. The molecule has 140 valence electrons. The first-order valence-corrected chi connectivity index (χ1v) is 10.1. The minimum absolute atomic E-state index is 0.0794. The number of fused-ring (bicyclic) bond motifs is 1. The Labute approximate surface area is 161 Å². The standard InChI is InChI=1S/C20H21N3O3S/c24-19(22-9-7-18(27-13-11-22)17-6-3-12-26-17)8-10-23-14-21-16-5-2-1-4-15(16)20(23)25/h1-6,12,14,18H,7-11,13H2. The fourth-order valence-electron chi connectivity index (χ4n) is 3.36. The summed E-state index contributed by atoms with van der Waals surface area (Å²) in [7, 11) is 0. The third kappa shape index (κ3) is 3.93. The summed E-state index contributed by atoms with van der Waals surface area (Å²) in [5, 5.41) is 0.880. The molecule has 0 aliphatic carbocycles. The van der Waals surface area contributed by atoms with Gasteiger partial charge in [0.1, 0.15) is 5.76 Å². The van der Waals surface area contributed by atoms with Crippen molar-refractivity contribution in [3.63, 3.8) is 0 Å². The molecule has 0 radical (unpaired) electrons. The lowest BCUT2D eigenvalue weighted by atomic mass is 10.2. The van der Waals surface area contributed by atoms with Crippen molar-refractivity contribution >= 4 is 28.6 Å². The molecule has 1 aromatic carbocycles. The molecule has 1 atom stereocenters. The van der Waals surface area contributed by atoms with Crippen LogP contribution in [-0.4, -0.2) is 39.2 Å². The number of hydrogen-bond donors (Lipinski definition) is 0. The summed E-state index contributed by atoms with van der Waals surface area (Å²) in [6.07, 6.45) is 4.40. The van der Waals surface area contributed by atoms with Gasteiger partial charge in [-0.25, -0.2) is 4.98 Å². The summed E-state index contributed by atoms with van der Waals surface area (Å²) in [6.45, 7) is 1.79. The minimum Gasteiger partial charge on any atom is -0.468 e. The van der Waals surface area contributed by atoms with Crippen molar-refractivity contribution < 1.29 is 9.21 Å². The van der Waals surface area contributed by atoms with Gasteiger partial charge < -0.3 is 9.32 Å². The normalized spacial score (nSPS) is 17.8. The number of furan rings is 1. The highest BCUT2D eigenvalue weighted by Gasteiger charge is 2.23. The smallest absolute Gasteiger partial charge is 0.261 e. The third-order valence-corrected chi connectivity index (χ3v) is 6.14. The average Bonchev–Trinajstić information content (AvgIpc) is 3.12. The molecule has 0 saturated carbocycles. The highest BCUT2D eigenvalue weighted by molar-refractivity contribution is 7.99. The number of aryl methyl sites for hydroxylation is 1. The number of para-hydroxylation sites is 1. The highest BCUT2D eigenvalue weighted by Crippen LogP contribution is 2.34. The van der Waals surface area contributed by atoms with E-state index in [1.807, 2.05) is 47.0 Å². The first-order valence-electron chi connectivity index (χ1n) is 9.09. The van der Waals surface area contributed by atoms with E-state index in [9.17, 15) is 9.59 Å². The van der Waals surface area contributed by atoms with Gasteiger partial charge in [0.05, 0.1) is 28.7 Å².